The zero-order chi connectivity index (χ0) is 11.1. The number of fused-ring (bicyclic) bond motifs is 2. The molecule has 76 valence electrons. The molecule has 0 radical (unpaired) electrons. The van der Waals surface area contributed by atoms with Crippen LogP contribution in [0.5, 0.6) is 5.75 Å². The highest BCUT2D eigenvalue weighted by atomic mass is 32.1. The summed E-state index contributed by atoms with van der Waals surface area (Å²) in [6, 6.07) is 11.5. The van der Waals surface area contributed by atoms with Gasteiger partial charge in [-0.25, -0.2) is 4.98 Å². The molecule has 0 saturated heterocycles. The summed E-state index contributed by atoms with van der Waals surface area (Å²) in [5, 5.41) is 20.2. The average molecular weight is 226 g/mol. The monoisotopic (exact) mass is 226 g/mol. The van der Waals surface area contributed by atoms with Gasteiger partial charge in [-0.15, -0.1) is 11.3 Å². The van der Waals surface area contributed by atoms with Crippen molar-refractivity contribution in [2.45, 2.75) is 0 Å². The molecule has 2 heterocycles. The molecule has 0 fully saturated rings. The van der Waals surface area contributed by atoms with Crippen LogP contribution in [0, 0.1) is 11.3 Å². The van der Waals surface area contributed by atoms with Crippen LogP contribution in [0.1, 0.15) is 4.88 Å². The first-order valence-corrected chi connectivity index (χ1v) is 5.52. The van der Waals surface area contributed by atoms with E-state index >= 15 is 0 Å². The topological polar surface area (TPSA) is 56.9 Å². The highest BCUT2D eigenvalue weighted by molar-refractivity contribution is 7.19. The molecule has 2 aromatic heterocycles. The molecule has 0 unspecified atom stereocenters. The minimum atomic E-state index is 0.0424. The number of rotatable bonds is 0. The van der Waals surface area contributed by atoms with Crippen molar-refractivity contribution in [1.82, 2.24) is 4.98 Å². The molecule has 0 spiro atoms. The summed E-state index contributed by atoms with van der Waals surface area (Å²) in [4.78, 5) is 5.43. The van der Waals surface area contributed by atoms with Crippen molar-refractivity contribution in [2.75, 3.05) is 0 Å². The third kappa shape index (κ3) is 1.16. The zero-order valence-electron chi connectivity index (χ0n) is 8.14. The molecule has 3 nitrogen and oxygen atoms in total. The SMILES string of the molecule is N#Cc1sc2nc3ccccc3cc2c1O. The Kier molecular flexibility index (Phi) is 1.82. The first-order chi connectivity index (χ1) is 7.79. The molecule has 4 heteroatoms. The number of para-hydroxylation sites is 1. The first-order valence-electron chi connectivity index (χ1n) is 4.71. The Morgan fingerprint density at radius 1 is 1.31 bits per heavy atom. The standard InChI is InChI=1S/C12H6N2OS/c13-6-10-11(15)8-5-7-3-1-2-4-9(7)14-12(8)16-10/h1-5,15H. The minimum absolute atomic E-state index is 0.0424. The normalized spacial score (nSPS) is 10.7. The van der Waals surface area contributed by atoms with Gasteiger partial charge in [0.25, 0.3) is 0 Å². The van der Waals surface area contributed by atoms with Crippen LogP contribution in [0.25, 0.3) is 21.1 Å². The Balaban J connectivity index is 2.50. The summed E-state index contributed by atoms with van der Waals surface area (Å²) >= 11 is 1.22. The quantitative estimate of drug-likeness (QED) is 0.641. The smallest absolute Gasteiger partial charge is 0.153 e. The van der Waals surface area contributed by atoms with Crippen molar-refractivity contribution in [2.24, 2.45) is 0 Å². The highest BCUT2D eigenvalue weighted by Gasteiger charge is 2.12. The van der Waals surface area contributed by atoms with E-state index in [1.807, 2.05) is 36.4 Å². The number of hydrogen-bond acceptors (Lipinski definition) is 4. The maximum Gasteiger partial charge on any atom is 0.153 e. The second-order valence-electron chi connectivity index (χ2n) is 3.43. The van der Waals surface area contributed by atoms with Crippen molar-refractivity contribution >= 4 is 32.5 Å². The predicted octanol–water partition coefficient (Wildman–Crippen LogP) is 3.03. The molecule has 3 aromatic rings. The summed E-state index contributed by atoms with van der Waals surface area (Å²) in [5.74, 6) is 0.0424. The lowest BCUT2D eigenvalue weighted by atomic mass is 10.2. The van der Waals surface area contributed by atoms with Crippen molar-refractivity contribution in [3.63, 3.8) is 0 Å². The van der Waals surface area contributed by atoms with E-state index < -0.39 is 0 Å². The van der Waals surface area contributed by atoms with Crippen molar-refractivity contribution in [3.8, 4) is 11.8 Å². The lowest BCUT2D eigenvalue weighted by Crippen LogP contribution is -1.77. The van der Waals surface area contributed by atoms with Gasteiger partial charge in [0, 0.05) is 5.39 Å². The summed E-state index contributed by atoms with van der Waals surface area (Å²) in [6.45, 7) is 0. The van der Waals surface area contributed by atoms with Gasteiger partial charge in [-0.2, -0.15) is 5.26 Å². The number of hydrogen-bond donors (Lipinski definition) is 1. The van der Waals surface area contributed by atoms with Gasteiger partial charge in [0.15, 0.2) is 5.75 Å². The van der Waals surface area contributed by atoms with E-state index in [0.717, 1.165) is 10.9 Å². The van der Waals surface area contributed by atoms with Crippen LogP contribution in [0.2, 0.25) is 0 Å². The lowest BCUT2D eigenvalue weighted by molar-refractivity contribution is 0.482. The number of nitriles is 1. The maximum atomic E-state index is 9.80. The van der Waals surface area contributed by atoms with E-state index in [4.69, 9.17) is 5.26 Å². The summed E-state index contributed by atoms with van der Waals surface area (Å²) in [5.41, 5.74) is 0.876. The predicted molar refractivity (Wildman–Crippen MR) is 63.5 cm³/mol. The van der Waals surface area contributed by atoms with Gasteiger partial charge in [0.1, 0.15) is 15.8 Å². The summed E-state index contributed by atoms with van der Waals surface area (Å²) in [6.07, 6.45) is 0. The fourth-order valence-electron chi connectivity index (χ4n) is 1.69. The molecule has 0 aliphatic heterocycles. The Morgan fingerprint density at radius 2 is 2.12 bits per heavy atom. The number of aromatic hydroxyl groups is 1. The summed E-state index contributed by atoms with van der Waals surface area (Å²) in [7, 11) is 0. The molecule has 3 rings (SSSR count). The highest BCUT2D eigenvalue weighted by Crippen LogP contribution is 2.36. The molecule has 0 atom stereocenters. The van der Waals surface area contributed by atoms with Crippen LogP contribution in [-0.4, -0.2) is 10.1 Å². The van der Waals surface area contributed by atoms with Crippen LogP contribution in [0.3, 0.4) is 0 Å². The molecule has 0 amide bonds. The van der Waals surface area contributed by atoms with E-state index in [0.29, 0.717) is 15.1 Å². The average Bonchev–Trinajstić information content (AvgIpc) is 2.63. The van der Waals surface area contributed by atoms with Gasteiger partial charge in [0.05, 0.1) is 10.9 Å². The molecule has 0 aliphatic carbocycles. The van der Waals surface area contributed by atoms with Gasteiger partial charge in [0.2, 0.25) is 0 Å². The first kappa shape index (κ1) is 9.13. The minimum Gasteiger partial charge on any atom is -0.505 e. The number of pyridine rings is 1. The number of thiophene rings is 1. The van der Waals surface area contributed by atoms with E-state index in [1.54, 1.807) is 0 Å². The molecular formula is C12H6N2OS. The fourth-order valence-corrected chi connectivity index (χ4v) is 2.54. The molecular weight excluding hydrogens is 220 g/mol. The molecule has 1 aromatic carbocycles. The van der Waals surface area contributed by atoms with Crippen LogP contribution in [0.15, 0.2) is 30.3 Å². The fraction of sp³-hybridized carbons (Fsp3) is 0. The summed E-state index contributed by atoms with van der Waals surface area (Å²) < 4.78 is 0. The van der Waals surface area contributed by atoms with Gasteiger partial charge >= 0.3 is 0 Å². The van der Waals surface area contributed by atoms with Gasteiger partial charge in [-0.05, 0) is 12.1 Å². The Morgan fingerprint density at radius 3 is 2.94 bits per heavy atom. The van der Waals surface area contributed by atoms with Crippen LogP contribution < -0.4 is 0 Å². The second kappa shape index (κ2) is 3.19. The molecule has 0 saturated carbocycles. The van der Waals surface area contributed by atoms with Crippen LogP contribution in [0.4, 0.5) is 0 Å². The Bertz CT molecular complexity index is 740. The van der Waals surface area contributed by atoms with Crippen LogP contribution in [-0.2, 0) is 0 Å². The van der Waals surface area contributed by atoms with E-state index in [-0.39, 0.29) is 5.75 Å². The molecule has 1 N–H and O–H groups in total. The van der Waals surface area contributed by atoms with Gasteiger partial charge in [-0.3, -0.25) is 0 Å². The molecule has 0 aliphatic rings. The van der Waals surface area contributed by atoms with Gasteiger partial charge in [-0.1, -0.05) is 18.2 Å². The molecule has 16 heavy (non-hydrogen) atoms. The molecule has 0 bridgehead atoms. The van der Waals surface area contributed by atoms with Crippen molar-refractivity contribution < 1.29 is 5.11 Å². The maximum absolute atomic E-state index is 9.80. The second-order valence-corrected chi connectivity index (χ2v) is 4.42. The van der Waals surface area contributed by atoms with E-state index in [1.165, 1.54) is 11.3 Å². The number of aromatic nitrogens is 1. The Hall–Kier alpha value is -2.12. The van der Waals surface area contributed by atoms with Crippen LogP contribution >= 0.6 is 11.3 Å². The third-order valence-corrected chi connectivity index (χ3v) is 3.45. The zero-order valence-corrected chi connectivity index (χ0v) is 8.95. The van der Waals surface area contributed by atoms with E-state index in [2.05, 4.69) is 4.98 Å². The van der Waals surface area contributed by atoms with Crippen molar-refractivity contribution in [1.29, 1.82) is 5.26 Å². The number of benzene rings is 1. The Labute approximate surface area is 95.2 Å². The van der Waals surface area contributed by atoms with E-state index in [9.17, 15) is 5.11 Å². The third-order valence-electron chi connectivity index (χ3n) is 2.46. The largest absolute Gasteiger partial charge is 0.505 e. The lowest BCUT2D eigenvalue weighted by Gasteiger charge is -1.96. The number of nitrogens with zero attached hydrogens (tertiary/aromatic N) is 2. The van der Waals surface area contributed by atoms with Crippen molar-refractivity contribution in [3.05, 3.63) is 35.2 Å². The van der Waals surface area contributed by atoms with Gasteiger partial charge < -0.3 is 5.11 Å².